The van der Waals surface area contributed by atoms with Crippen molar-refractivity contribution < 1.29 is 0 Å². The standard InChI is InChI=1S/C47H29N5/c48-30-31-22-25-35(26-23-31)51-42-19-9-7-16-37(42)39-28-34(24-27-44(39)51)36-18-11-21-45-46(36)38-17-8-10-20-43(38)52(45)47-49-40(32-12-3-1-4-13-32)29-41(50-47)33-14-5-2-6-15-33/h1-29H. The summed E-state index contributed by atoms with van der Waals surface area (Å²) in [6.07, 6.45) is 0. The van der Waals surface area contributed by atoms with E-state index in [2.05, 4.69) is 130 Å². The van der Waals surface area contributed by atoms with Crippen molar-refractivity contribution in [2.75, 3.05) is 0 Å². The monoisotopic (exact) mass is 663 g/mol. The summed E-state index contributed by atoms with van der Waals surface area (Å²) in [4.78, 5) is 10.4. The van der Waals surface area contributed by atoms with Crippen LogP contribution in [0.2, 0.25) is 0 Å². The van der Waals surface area contributed by atoms with Crippen LogP contribution in [0, 0.1) is 11.3 Å². The zero-order chi connectivity index (χ0) is 34.6. The van der Waals surface area contributed by atoms with Gasteiger partial charge in [0.05, 0.1) is 45.1 Å². The Bertz CT molecular complexity index is 2950. The lowest BCUT2D eigenvalue weighted by atomic mass is 9.98. The number of aromatic nitrogens is 4. The van der Waals surface area contributed by atoms with Crippen LogP contribution in [0.25, 0.3) is 88.9 Å². The molecule has 0 saturated heterocycles. The van der Waals surface area contributed by atoms with Crippen LogP contribution < -0.4 is 0 Å². The number of benzene rings is 7. The minimum atomic E-state index is 0.629. The zero-order valence-corrected chi connectivity index (χ0v) is 28.0. The molecule has 10 aromatic rings. The van der Waals surface area contributed by atoms with Gasteiger partial charge in [0.2, 0.25) is 5.95 Å². The third kappa shape index (κ3) is 4.70. The first-order valence-electron chi connectivity index (χ1n) is 17.3. The van der Waals surface area contributed by atoms with Crippen LogP contribution in [-0.4, -0.2) is 19.1 Å². The molecule has 0 aliphatic heterocycles. The van der Waals surface area contributed by atoms with E-state index in [1.807, 2.05) is 60.7 Å². The SMILES string of the molecule is N#Cc1ccc(-n2c3ccccc3c3cc(-c4cccc5c4c4ccccc4n5-c4nc(-c5ccccc5)cc(-c5ccccc5)n4)ccc32)cc1. The molecule has 52 heavy (non-hydrogen) atoms. The minimum absolute atomic E-state index is 0.629. The maximum Gasteiger partial charge on any atom is 0.235 e. The number of nitriles is 1. The molecular formula is C47H29N5. The molecular weight excluding hydrogens is 635 g/mol. The van der Waals surface area contributed by atoms with Crippen molar-refractivity contribution in [1.29, 1.82) is 5.26 Å². The molecule has 0 aliphatic rings. The van der Waals surface area contributed by atoms with E-state index in [0.29, 0.717) is 11.5 Å². The van der Waals surface area contributed by atoms with Gasteiger partial charge in [-0.2, -0.15) is 5.26 Å². The molecule has 0 spiro atoms. The second kappa shape index (κ2) is 11.9. The lowest BCUT2D eigenvalue weighted by molar-refractivity contribution is 0.995. The summed E-state index contributed by atoms with van der Waals surface area (Å²) in [7, 11) is 0. The van der Waals surface area contributed by atoms with E-state index in [4.69, 9.17) is 9.97 Å². The molecule has 0 fully saturated rings. The van der Waals surface area contributed by atoms with Gasteiger partial charge in [-0.15, -0.1) is 0 Å². The highest BCUT2D eigenvalue weighted by atomic mass is 15.2. The number of rotatable bonds is 5. The molecule has 5 nitrogen and oxygen atoms in total. The van der Waals surface area contributed by atoms with Crippen molar-refractivity contribution in [1.82, 2.24) is 19.1 Å². The number of nitrogens with zero attached hydrogens (tertiary/aromatic N) is 5. The van der Waals surface area contributed by atoms with E-state index in [0.717, 1.165) is 72.2 Å². The Hall–Kier alpha value is -7.29. The predicted octanol–water partition coefficient (Wildman–Crippen LogP) is 11.5. The topological polar surface area (TPSA) is 59.4 Å². The molecule has 0 bridgehead atoms. The molecule has 0 radical (unpaired) electrons. The Morgan fingerprint density at radius 3 is 1.67 bits per heavy atom. The van der Waals surface area contributed by atoms with Gasteiger partial charge in [-0.25, -0.2) is 9.97 Å². The number of para-hydroxylation sites is 2. The van der Waals surface area contributed by atoms with E-state index in [1.54, 1.807) is 0 Å². The lowest BCUT2D eigenvalue weighted by Gasteiger charge is -2.12. The largest absolute Gasteiger partial charge is 0.309 e. The van der Waals surface area contributed by atoms with Crippen molar-refractivity contribution in [2.24, 2.45) is 0 Å². The summed E-state index contributed by atoms with van der Waals surface area (Å²) in [6.45, 7) is 0. The van der Waals surface area contributed by atoms with Gasteiger partial charge in [-0.1, -0.05) is 115 Å². The van der Waals surface area contributed by atoms with Crippen molar-refractivity contribution in [3.05, 3.63) is 181 Å². The van der Waals surface area contributed by atoms with Gasteiger partial charge < -0.3 is 4.57 Å². The molecule has 242 valence electrons. The second-order valence-electron chi connectivity index (χ2n) is 13.0. The highest BCUT2D eigenvalue weighted by Crippen LogP contribution is 2.41. The summed E-state index contributed by atoms with van der Waals surface area (Å²) in [5.74, 6) is 0.629. The Balaban J connectivity index is 1.21. The quantitative estimate of drug-likeness (QED) is 0.184. The third-order valence-electron chi connectivity index (χ3n) is 9.99. The fourth-order valence-corrected chi connectivity index (χ4v) is 7.63. The Labute approximate surface area is 299 Å². The molecule has 10 rings (SSSR count). The van der Waals surface area contributed by atoms with Gasteiger partial charge in [0.1, 0.15) is 0 Å². The molecule has 3 heterocycles. The molecule has 5 heteroatoms. The molecule has 0 aliphatic carbocycles. The molecule has 3 aromatic heterocycles. The fourth-order valence-electron chi connectivity index (χ4n) is 7.63. The van der Waals surface area contributed by atoms with Crippen LogP contribution in [-0.2, 0) is 0 Å². The molecule has 7 aromatic carbocycles. The maximum absolute atomic E-state index is 9.40. The average Bonchev–Trinajstić information content (AvgIpc) is 3.74. The van der Waals surface area contributed by atoms with Gasteiger partial charge in [0.15, 0.2) is 0 Å². The summed E-state index contributed by atoms with van der Waals surface area (Å²) in [6, 6.07) is 63.1. The first-order valence-corrected chi connectivity index (χ1v) is 17.3. The lowest BCUT2D eigenvalue weighted by Crippen LogP contribution is -2.04. The smallest absolute Gasteiger partial charge is 0.235 e. The normalized spacial score (nSPS) is 11.4. The first kappa shape index (κ1) is 29.6. The van der Waals surface area contributed by atoms with Crippen molar-refractivity contribution in [3.63, 3.8) is 0 Å². The van der Waals surface area contributed by atoms with Crippen LogP contribution in [0.4, 0.5) is 0 Å². The highest BCUT2D eigenvalue weighted by molar-refractivity contribution is 6.17. The number of fused-ring (bicyclic) bond motifs is 6. The van der Waals surface area contributed by atoms with Crippen molar-refractivity contribution in [2.45, 2.75) is 0 Å². The van der Waals surface area contributed by atoms with E-state index in [9.17, 15) is 5.26 Å². The first-order chi connectivity index (χ1) is 25.7. The Morgan fingerprint density at radius 2 is 1.00 bits per heavy atom. The zero-order valence-electron chi connectivity index (χ0n) is 28.0. The van der Waals surface area contributed by atoms with E-state index >= 15 is 0 Å². The summed E-state index contributed by atoms with van der Waals surface area (Å²) in [5.41, 5.74) is 12.1. The molecule has 0 atom stereocenters. The molecule has 0 saturated carbocycles. The maximum atomic E-state index is 9.40. The van der Waals surface area contributed by atoms with Crippen LogP contribution in [0.15, 0.2) is 176 Å². The molecule has 0 unspecified atom stereocenters. The van der Waals surface area contributed by atoms with Crippen LogP contribution >= 0.6 is 0 Å². The van der Waals surface area contributed by atoms with Gasteiger partial charge in [0, 0.05) is 38.4 Å². The summed E-state index contributed by atoms with van der Waals surface area (Å²) >= 11 is 0. The number of hydrogen-bond acceptors (Lipinski definition) is 3. The average molecular weight is 664 g/mol. The number of hydrogen-bond donors (Lipinski definition) is 0. The highest BCUT2D eigenvalue weighted by Gasteiger charge is 2.20. The predicted molar refractivity (Wildman–Crippen MR) is 212 cm³/mol. The van der Waals surface area contributed by atoms with E-state index < -0.39 is 0 Å². The van der Waals surface area contributed by atoms with E-state index in [1.165, 1.54) is 10.8 Å². The fraction of sp³-hybridized carbons (Fsp3) is 0. The van der Waals surface area contributed by atoms with E-state index in [-0.39, 0.29) is 0 Å². The van der Waals surface area contributed by atoms with Gasteiger partial charge in [0.25, 0.3) is 0 Å². The molecule has 0 amide bonds. The van der Waals surface area contributed by atoms with Gasteiger partial charge in [-0.3, -0.25) is 4.57 Å². The van der Waals surface area contributed by atoms with Crippen LogP contribution in [0.3, 0.4) is 0 Å². The minimum Gasteiger partial charge on any atom is -0.309 e. The van der Waals surface area contributed by atoms with Crippen LogP contribution in [0.1, 0.15) is 5.56 Å². The molecule has 0 N–H and O–H groups in total. The van der Waals surface area contributed by atoms with Crippen molar-refractivity contribution in [3.8, 4) is 51.3 Å². The van der Waals surface area contributed by atoms with Crippen LogP contribution in [0.5, 0.6) is 0 Å². The second-order valence-corrected chi connectivity index (χ2v) is 13.0. The summed E-state index contributed by atoms with van der Waals surface area (Å²) in [5, 5.41) is 14.0. The Morgan fingerprint density at radius 1 is 0.423 bits per heavy atom. The van der Waals surface area contributed by atoms with Crippen molar-refractivity contribution >= 4 is 43.6 Å². The van der Waals surface area contributed by atoms with Gasteiger partial charge in [-0.05, 0) is 71.8 Å². The Kier molecular flexibility index (Phi) is 6.80. The summed E-state index contributed by atoms with van der Waals surface area (Å²) < 4.78 is 4.49. The third-order valence-corrected chi connectivity index (χ3v) is 9.99. The van der Waals surface area contributed by atoms with Gasteiger partial charge >= 0.3 is 0 Å².